The fraction of sp³-hybridized carbons (Fsp3) is 1.00. The average molecular weight is 284 g/mol. The van der Waals surface area contributed by atoms with Crippen LogP contribution in [0, 0.1) is 0 Å². The third kappa shape index (κ3) is 6.28. The van der Waals surface area contributed by atoms with Gasteiger partial charge < -0.3 is 0 Å². The summed E-state index contributed by atoms with van der Waals surface area (Å²) in [5.74, 6) is 0. The summed E-state index contributed by atoms with van der Waals surface area (Å²) >= 11 is 2.88. The molecule has 0 saturated carbocycles. The van der Waals surface area contributed by atoms with Crippen LogP contribution in [0.4, 0.5) is 13.2 Å². The molecule has 0 rings (SSSR count). The maximum absolute atomic E-state index is 11.8. The van der Waals surface area contributed by atoms with Gasteiger partial charge in [-0.2, -0.15) is 17.5 Å². The first-order valence-electron chi connectivity index (χ1n) is 3.24. The normalized spacial score (nSPS) is 13.7. The summed E-state index contributed by atoms with van der Waals surface area (Å²) in [6, 6.07) is 0. The van der Waals surface area contributed by atoms with Gasteiger partial charge in [0.15, 0.2) is 0 Å². The van der Waals surface area contributed by atoms with E-state index in [1.165, 1.54) is 0 Å². The first-order chi connectivity index (χ1) is 5.67. The van der Waals surface area contributed by atoms with Gasteiger partial charge in [-0.1, -0.05) is 15.9 Å². The van der Waals surface area contributed by atoms with Crippen molar-refractivity contribution in [3.8, 4) is 0 Å². The van der Waals surface area contributed by atoms with Crippen LogP contribution in [0.15, 0.2) is 0 Å². The molecule has 0 saturated heterocycles. The van der Waals surface area contributed by atoms with E-state index in [2.05, 4.69) is 15.9 Å². The maximum atomic E-state index is 11.8. The number of alkyl halides is 4. The van der Waals surface area contributed by atoms with Gasteiger partial charge in [-0.05, 0) is 0 Å². The first-order valence-corrected chi connectivity index (χ1v) is 6.21. The van der Waals surface area contributed by atoms with E-state index in [0.717, 1.165) is 6.26 Å². The molecule has 0 unspecified atom stereocenters. The lowest BCUT2D eigenvalue weighted by atomic mass is 10.6. The highest BCUT2D eigenvalue weighted by Crippen LogP contribution is 2.17. The largest absolute Gasteiger partial charge is 0.402 e. The van der Waals surface area contributed by atoms with E-state index < -0.39 is 22.7 Å². The van der Waals surface area contributed by atoms with Crippen LogP contribution in [0.25, 0.3) is 0 Å². The lowest BCUT2D eigenvalue weighted by Crippen LogP contribution is -2.39. The summed E-state index contributed by atoms with van der Waals surface area (Å²) in [5, 5.41) is 0.177. The quantitative estimate of drug-likeness (QED) is 0.728. The first kappa shape index (κ1) is 13.2. The fourth-order valence-corrected chi connectivity index (χ4v) is 2.12. The van der Waals surface area contributed by atoms with Crippen LogP contribution in [-0.4, -0.2) is 43.6 Å². The lowest BCUT2D eigenvalue weighted by molar-refractivity contribution is -0.135. The van der Waals surface area contributed by atoms with Crippen LogP contribution in [0.5, 0.6) is 0 Å². The number of hydrogen-bond acceptors (Lipinski definition) is 2. The number of sulfonamides is 1. The van der Waals surface area contributed by atoms with Crippen molar-refractivity contribution in [3.05, 3.63) is 0 Å². The smallest absolute Gasteiger partial charge is 0.212 e. The Morgan fingerprint density at radius 1 is 1.38 bits per heavy atom. The molecule has 13 heavy (non-hydrogen) atoms. The van der Waals surface area contributed by atoms with Crippen molar-refractivity contribution in [2.45, 2.75) is 6.18 Å². The topological polar surface area (TPSA) is 37.4 Å². The highest BCUT2D eigenvalue weighted by Gasteiger charge is 2.34. The molecular weight excluding hydrogens is 275 g/mol. The highest BCUT2D eigenvalue weighted by molar-refractivity contribution is 9.09. The van der Waals surface area contributed by atoms with Crippen molar-refractivity contribution < 1.29 is 21.6 Å². The molecular formula is C5H9BrF3NO2S. The molecule has 0 aliphatic heterocycles. The van der Waals surface area contributed by atoms with Gasteiger partial charge in [-0.15, -0.1) is 0 Å². The molecule has 0 aliphatic rings. The van der Waals surface area contributed by atoms with Crippen LogP contribution >= 0.6 is 15.9 Å². The molecule has 0 aromatic rings. The van der Waals surface area contributed by atoms with E-state index in [-0.39, 0.29) is 11.9 Å². The minimum atomic E-state index is -4.49. The summed E-state index contributed by atoms with van der Waals surface area (Å²) < 4.78 is 57.5. The maximum Gasteiger partial charge on any atom is 0.402 e. The molecule has 0 atom stereocenters. The third-order valence-electron chi connectivity index (χ3n) is 1.16. The highest BCUT2D eigenvalue weighted by atomic mass is 79.9. The lowest BCUT2D eigenvalue weighted by Gasteiger charge is -2.19. The van der Waals surface area contributed by atoms with Gasteiger partial charge in [-0.3, -0.25) is 0 Å². The van der Waals surface area contributed by atoms with E-state index >= 15 is 0 Å². The van der Waals surface area contributed by atoms with E-state index in [1.807, 2.05) is 0 Å². The minimum absolute atomic E-state index is 0.177. The molecule has 0 amide bonds. The van der Waals surface area contributed by atoms with Crippen LogP contribution in [-0.2, 0) is 10.0 Å². The number of halogens is 4. The van der Waals surface area contributed by atoms with Crippen molar-refractivity contribution in [3.63, 3.8) is 0 Å². The predicted molar refractivity (Wildman–Crippen MR) is 46.3 cm³/mol. The Kier molecular flexibility index (Phi) is 4.67. The summed E-state index contributed by atoms with van der Waals surface area (Å²) in [4.78, 5) is 0. The Hall–Kier alpha value is 0.180. The van der Waals surface area contributed by atoms with E-state index in [1.54, 1.807) is 0 Å². The van der Waals surface area contributed by atoms with Crippen LogP contribution < -0.4 is 0 Å². The third-order valence-corrected chi connectivity index (χ3v) is 2.76. The molecule has 0 aliphatic carbocycles. The molecule has 0 aromatic heterocycles. The second-order valence-electron chi connectivity index (χ2n) is 2.40. The molecule has 0 bridgehead atoms. The Bertz CT molecular complexity index is 251. The zero-order valence-corrected chi connectivity index (χ0v) is 9.21. The van der Waals surface area contributed by atoms with Gasteiger partial charge in [0.2, 0.25) is 10.0 Å². The molecule has 0 heterocycles. The summed E-state index contributed by atoms with van der Waals surface area (Å²) in [6.07, 6.45) is -3.74. The Morgan fingerprint density at radius 2 is 1.85 bits per heavy atom. The molecule has 0 radical (unpaired) electrons. The van der Waals surface area contributed by atoms with Gasteiger partial charge in [0.1, 0.15) is 6.54 Å². The van der Waals surface area contributed by atoms with Crippen molar-refractivity contribution in [2.24, 2.45) is 0 Å². The monoisotopic (exact) mass is 283 g/mol. The Labute approximate surface area is 83.1 Å². The summed E-state index contributed by atoms with van der Waals surface area (Å²) in [6.45, 7) is -1.62. The van der Waals surface area contributed by atoms with E-state index in [9.17, 15) is 21.6 Å². The van der Waals surface area contributed by atoms with Crippen LogP contribution in [0.1, 0.15) is 0 Å². The average Bonchev–Trinajstić information content (AvgIpc) is 1.81. The summed E-state index contributed by atoms with van der Waals surface area (Å²) in [7, 11) is -3.78. The van der Waals surface area contributed by atoms with Gasteiger partial charge in [0.25, 0.3) is 0 Å². The van der Waals surface area contributed by atoms with Gasteiger partial charge >= 0.3 is 6.18 Å². The molecule has 0 aromatic carbocycles. The van der Waals surface area contributed by atoms with Gasteiger partial charge in [-0.25, -0.2) is 8.42 Å². The fourth-order valence-electron chi connectivity index (χ4n) is 0.656. The zero-order chi connectivity index (χ0) is 10.7. The SMILES string of the molecule is CS(=O)(=O)N(CCBr)CC(F)(F)F. The molecule has 8 heteroatoms. The molecule has 3 nitrogen and oxygen atoms in total. The summed E-state index contributed by atoms with van der Waals surface area (Å²) in [5.41, 5.74) is 0. The van der Waals surface area contributed by atoms with Crippen molar-refractivity contribution in [1.82, 2.24) is 4.31 Å². The van der Waals surface area contributed by atoms with Crippen LogP contribution in [0.2, 0.25) is 0 Å². The Balaban J connectivity index is 4.46. The number of rotatable bonds is 4. The van der Waals surface area contributed by atoms with Crippen molar-refractivity contribution in [2.75, 3.05) is 24.7 Å². The van der Waals surface area contributed by atoms with Crippen molar-refractivity contribution in [1.29, 1.82) is 0 Å². The minimum Gasteiger partial charge on any atom is -0.212 e. The Morgan fingerprint density at radius 3 is 2.08 bits per heavy atom. The zero-order valence-electron chi connectivity index (χ0n) is 6.81. The second kappa shape index (κ2) is 4.61. The van der Waals surface area contributed by atoms with E-state index in [0.29, 0.717) is 4.31 Å². The number of nitrogens with zero attached hydrogens (tertiary/aromatic N) is 1. The van der Waals surface area contributed by atoms with E-state index in [4.69, 9.17) is 0 Å². The molecule has 80 valence electrons. The van der Waals surface area contributed by atoms with Gasteiger partial charge in [0, 0.05) is 11.9 Å². The standard InChI is InChI=1S/C5H9BrF3NO2S/c1-13(11,12)10(3-2-6)4-5(7,8)9/h2-4H2,1H3. The molecule has 0 fully saturated rings. The second-order valence-corrected chi connectivity index (χ2v) is 5.18. The van der Waals surface area contributed by atoms with Gasteiger partial charge in [0.05, 0.1) is 6.26 Å². The molecule has 0 spiro atoms. The molecule has 0 N–H and O–H groups in total. The van der Waals surface area contributed by atoms with Crippen molar-refractivity contribution >= 4 is 26.0 Å². The van der Waals surface area contributed by atoms with Crippen LogP contribution in [0.3, 0.4) is 0 Å². The predicted octanol–water partition coefficient (Wildman–Crippen LogP) is 1.21. The number of hydrogen-bond donors (Lipinski definition) is 0.